The van der Waals surface area contributed by atoms with E-state index < -0.39 is 5.97 Å². The van der Waals surface area contributed by atoms with Crippen LogP contribution in [-0.4, -0.2) is 30.4 Å². The lowest BCUT2D eigenvalue weighted by Crippen LogP contribution is -2.31. The molecule has 2 aromatic carbocycles. The van der Waals surface area contributed by atoms with Gasteiger partial charge in [0.1, 0.15) is 0 Å². The van der Waals surface area contributed by atoms with Crippen LogP contribution >= 0.6 is 15.9 Å². The second-order valence-electron chi connectivity index (χ2n) is 5.72. The van der Waals surface area contributed by atoms with E-state index in [9.17, 15) is 9.59 Å². The Balaban J connectivity index is 1.91. The van der Waals surface area contributed by atoms with Gasteiger partial charge in [0.2, 0.25) is 0 Å². The normalized spacial score (nSPS) is 10.3. The average molecular weight is 390 g/mol. The van der Waals surface area contributed by atoms with Crippen molar-refractivity contribution in [2.45, 2.75) is 20.4 Å². The third-order valence-corrected chi connectivity index (χ3v) is 4.63. The number of likely N-dealkylation sites (N-methyl/N-ethyl adjacent to an activating group) is 1. The van der Waals surface area contributed by atoms with Gasteiger partial charge >= 0.3 is 5.97 Å². The summed E-state index contributed by atoms with van der Waals surface area (Å²) in [6.45, 7) is 4.08. The molecule has 0 N–H and O–H groups in total. The number of hydrogen-bond donors (Lipinski definition) is 0. The first-order valence-electron chi connectivity index (χ1n) is 7.60. The molecule has 5 heteroatoms. The minimum Gasteiger partial charge on any atom is -0.452 e. The lowest BCUT2D eigenvalue weighted by atomic mass is 10.1. The highest BCUT2D eigenvalue weighted by molar-refractivity contribution is 9.10. The van der Waals surface area contributed by atoms with Gasteiger partial charge in [-0.3, -0.25) is 4.79 Å². The minimum absolute atomic E-state index is 0.247. The standard InChI is InChI=1S/C19H20BrNO3/c1-13-8-9-15(10-14(13)2)19(23)24-12-18(22)21(3)11-16-6-4-5-7-17(16)20/h4-10H,11-12H2,1-3H3. The van der Waals surface area contributed by atoms with Crippen molar-refractivity contribution in [1.29, 1.82) is 0 Å². The molecule has 0 unspecified atom stereocenters. The van der Waals surface area contributed by atoms with Gasteiger partial charge in [0.15, 0.2) is 6.61 Å². The molecule has 0 saturated heterocycles. The van der Waals surface area contributed by atoms with Gasteiger partial charge in [-0.1, -0.05) is 40.2 Å². The van der Waals surface area contributed by atoms with Crippen molar-refractivity contribution in [2.24, 2.45) is 0 Å². The number of rotatable bonds is 5. The number of halogens is 1. The van der Waals surface area contributed by atoms with E-state index in [4.69, 9.17) is 4.74 Å². The maximum atomic E-state index is 12.1. The van der Waals surface area contributed by atoms with Crippen molar-refractivity contribution in [3.05, 3.63) is 69.2 Å². The Morgan fingerprint density at radius 1 is 1.08 bits per heavy atom. The summed E-state index contributed by atoms with van der Waals surface area (Å²) in [6, 6.07) is 13.0. The summed E-state index contributed by atoms with van der Waals surface area (Å²) < 4.78 is 6.07. The van der Waals surface area contributed by atoms with Crippen LogP contribution in [0.4, 0.5) is 0 Å². The SMILES string of the molecule is Cc1ccc(C(=O)OCC(=O)N(C)Cc2ccccc2Br)cc1C. The molecule has 2 aromatic rings. The molecule has 2 rings (SSSR count). The lowest BCUT2D eigenvalue weighted by Gasteiger charge is -2.18. The maximum Gasteiger partial charge on any atom is 0.338 e. The number of amides is 1. The van der Waals surface area contributed by atoms with Crippen LogP contribution in [0.3, 0.4) is 0 Å². The minimum atomic E-state index is -0.485. The fourth-order valence-electron chi connectivity index (χ4n) is 2.16. The third-order valence-electron chi connectivity index (χ3n) is 3.86. The molecule has 0 spiro atoms. The van der Waals surface area contributed by atoms with Crippen LogP contribution in [0.1, 0.15) is 27.0 Å². The second-order valence-corrected chi connectivity index (χ2v) is 6.57. The van der Waals surface area contributed by atoms with Gasteiger partial charge in [0, 0.05) is 18.1 Å². The molecule has 0 aliphatic heterocycles. The van der Waals surface area contributed by atoms with Crippen LogP contribution in [0.5, 0.6) is 0 Å². The number of nitrogens with zero attached hydrogens (tertiary/aromatic N) is 1. The van der Waals surface area contributed by atoms with Crippen LogP contribution in [0.2, 0.25) is 0 Å². The summed E-state index contributed by atoms with van der Waals surface area (Å²) in [6.07, 6.45) is 0. The number of benzene rings is 2. The van der Waals surface area contributed by atoms with Crippen molar-refractivity contribution < 1.29 is 14.3 Å². The smallest absolute Gasteiger partial charge is 0.338 e. The van der Waals surface area contributed by atoms with E-state index in [1.165, 1.54) is 4.90 Å². The van der Waals surface area contributed by atoms with Crippen LogP contribution < -0.4 is 0 Å². The molecule has 0 aromatic heterocycles. The zero-order valence-corrected chi connectivity index (χ0v) is 15.6. The Morgan fingerprint density at radius 2 is 1.79 bits per heavy atom. The first-order valence-corrected chi connectivity index (χ1v) is 8.39. The van der Waals surface area contributed by atoms with Gasteiger partial charge in [-0.15, -0.1) is 0 Å². The van der Waals surface area contributed by atoms with Gasteiger partial charge in [0.25, 0.3) is 5.91 Å². The summed E-state index contributed by atoms with van der Waals surface area (Å²) in [5.74, 6) is -0.733. The molecule has 126 valence electrons. The van der Waals surface area contributed by atoms with E-state index in [2.05, 4.69) is 15.9 Å². The van der Waals surface area contributed by atoms with Crippen LogP contribution in [0.25, 0.3) is 0 Å². The summed E-state index contributed by atoms with van der Waals surface area (Å²) in [7, 11) is 1.69. The number of aryl methyl sites for hydroxylation is 2. The number of carbonyl (C=O) groups is 2. The van der Waals surface area contributed by atoms with Crippen LogP contribution in [0.15, 0.2) is 46.9 Å². The first-order chi connectivity index (χ1) is 11.4. The highest BCUT2D eigenvalue weighted by Gasteiger charge is 2.15. The molecule has 0 bridgehead atoms. The first kappa shape index (κ1) is 18.2. The van der Waals surface area contributed by atoms with Gasteiger partial charge < -0.3 is 9.64 Å². The number of esters is 1. The van der Waals surface area contributed by atoms with Crippen LogP contribution in [0, 0.1) is 13.8 Å². The number of hydrogen-bond acceptors (Lipinski definition) is 3. The van der Waals surface area contributed by atoms with Gasteiger partial charge in [-0.2, -0.15) is 0 Å². The molecule has 4 nitrogen and oxygen atoms in total. The van der Waals surface area contributed by atoms with Crippen molar-refractivity contribution in [2.75, 3.05) is 13.7 Å². The summed E-state index contributed by atoms with van der Waals surface area (Å²) in [5.41, 5.74) is 3.57. The number of carbonyl (C=O) groups excluding carboxylic acids is 2. The largest absolute Gasteiger partial charge is 0.452 e. The topological polar surface area (TPSA) is 46.6 Å². The third kappa shape index (κ3) is 4.68. The predicted molar refractivity (Wildman–Crippen MR) is 96.8 cm³/mol. The molecule has 24 heavy (non-hydrogen) atoms. The fourth-order valence-corrected chi connectivity index (χ4v) is 2.57. The summed E-state index contributed by atoms with van der Waals surface area (Å²) in [4.78, 5) is 25.7. The fraction of sp³-hybridized carbons (Fsp3) is 0.263. The van der Waals surface area contributed by atoms with Crippen molar-refractivity contribution in [3.63, 3.8) is 0 Å². The van der Waals surface area contributed by atoms with Gasteiger partial charge in [-0.05, 0) is 48.7 Å². The predicted octanol–water partition coefficient (Wildman–Crippen LogP) is 3.88. The molecule has 0 fully saturated rings. The zero-order valence-electron chi connectivity index (χ0n) is 14.0. The van der Waals surface area contributed by atoms with E-state index in [0.717, 1.165) is 21.2 Å². The highest BCUT2D eigenvalue weighted by Crippen LogP contribution is 2.17. The van der Waals surface area contributed by atoms with E-state index in [-0.39, 0.29) is 12.5 Å². The molecule has 0 atom stereocenters. The molecule has 0 saturated carbocycles. The van der Waals surface area contributed by atoms with Crippen molar-refractivity contribution >= 4 is 27.8 Å². The molecule has 0 heterocycles. The lowest BCUT2D eigenvalue weighted by molar-refractivity contribution is -0.133. The Labute approximate surface area is 150 Å². The summed E-state index contributed by atoms with van der Waals surface area (Å²) in [5, 5.41) is 0. The van der Waals surface area contributed by atoms with Crippen molar-refractivity contribution in [1.82, 2.24) is 4.90 Å². The van der Waals surface area contributed by atoms with Gasteiger partial charge in [-0.25, -0.2) is 4.79 Å². The molecular formula is C19H20BrNO3. The van der Waals surface area contributed by atoms with Gasteiger partial charge in [0.05, 0.1) is 5.56 Å². The molecule has 0 radical (unpaired) electrons. The Hall–Kier alpha value is -2.14. The molecular weight excluding hydrogens is 370 g/mol. The van der Waals surface area contributed by atoms with Crippen molar-refractivity contribution in [3.8, 4) is 0 Å². The summed E-state index contributed by atoms with van der Waals surface area (Å²) >= 11 is 3.46. The maximum absolute atomic E-state index is 12.1. The molecule has 0 aliphatic carbocycles. The highest BCUT2D eigenvalue weighted by atomic mass is 79.9. The van der Waals surface area contributed by atoms with E-state index in [1.54, 1.807) is 19.2 Å². The monoisotopic (exact) mass is 389 g/mol. The van der Waals surface area contributed by atoms with Crippen LogP contribution in [-0.2, 0) is 16.1 Å². The second kappa shape index (κ2) is 8.11. The molecule has 1 amide bonds. The van der Waals surface area contributed by atoms with E-state index in [0.29, 0.717) is 12.1 Å². The number of ether oxygens (including phenoxy) is 1. The average Bonchev–Trinajstić information content (AvgIpc) is 2.56. The Bertz CT molecular complexity index is 758. The molecule has 0 aliphatic rings. The van der Waals surface area contributed by atoms with E-state index >= 15 is 0 Å². The van der Waals surface area contributed by atoms with E-state index in [1.807, 2.05) is 44.2 Å². The quantitative estimate of drug-likeness (QED) is 0.728. The zero-order chi connectivity index (χ0) is 17.7. The Kier molecular flexibility index (Phi) is 6.15. The Morgan fingerprint density at radius 3 is 2.46 bits per heavy atom.